The van der Waals surface area contributed by atoms with E-state index in [1.54, 1.807) is 0 Å². The van der Waals surface area contributed by atoms with E-state index < -0.39 is 0 Å². The lowest BCUT2D eigenvalue weighted by molar-refractivity contribution is -0.115. The number of rotatable bonds is 2. The van der Waals surface area contributed by atoms with Gasteiger partial charge in [-0.2, -0.15) is 5.26 Å². The Balaban J connectivity index is 2.18. The van der Waals surface area contributed by atoms with Crippen molar-refractivity contribution in [3.8, 4) is 6.07 Å². The van der Waals surface area contributed by atoms with Crippen molar-refractivity contribution in [2.24, 2.45) is 0 Å². The van der Waals surface area contributed by atoms with Crippen molar-refractivity contribution in [1.82, 2.24) is 5.32 Å². The number of nitriles is 1. The molecule has 0 aromatic heterocycles. The zero-order valence-corrected chi connectivity index (χ0v) is 7.47. The minimum atomic E-state index is 0.0457. The van der Waals surface area contributed by atoms with Crippen molar-refractivity contribution in [1.29, 1.82) is 5.26 Å². The van der Waals surface area contributed by atoms with Crippen LogP contribution in [0.1, 0.15) is 25.7 Å². The number of carbonyl (C=O) groups excluding carboxylic acids is 1. The van der Waals surface area contributed by atoms with Crippen LogP contribution in [0.2, 0.25) is 0 Å². The molecule has 1 aliphatic heterocycles. The van der Waals surface area contributed by atoms with E-state index in [-0.39, 0.29) is 5.78 Å². The molecule has 0 saturated carbocycles. The molecule has 1 fully saturated rings. The first-order chi connectivity index (χ1) is 6.31. The average molecular weight is 176 g/mol. The number of Topliss-reactive ketones (excluding diaryl/α,β-unsaturated/α-hetero) is 1. The molecule has 1 heterocycles. The molecule has 13 heavy (non-hydrogen) atoms. The largest absolute Gasteiger partial charge is 0.311 e. The van der Waals surface area contributed by atoms with E-state index >= 15 is 0 Å². The molecule has 1 saturated heterocycles. The SMILES string of the molecule is N#CC1=C(CC2CN2)CCCC1=O. The maximum atomic E-state index is 11.3. The highest BCUT2D eigenvalue weighted by Gasteiger charge is 2.26. The first-order valence-electron chi connectivity index (χ1n) is 4.70. The van der Waals surface area contributed by atoms with Gasteiger partial charge in [0.25, 0.3) is 0 Å². The number of allylic oxidation sites excluding steroid dienone is 1. The number of nitrogens with zero attached hydrogens (tertiary/aromatic N) is 1. The number of hydrogen-bond donors (Lipinski definition) is 1. The Hall–Kier alpha value is -1.14. The molecule has 2 aliphatic rings. The van der Waals surface area contributed by atoms with Crippen LogP contribution >= 0.6 is 0 Å². The highest BCUT2D eigenvalue weighted by atomic mass is 16.1. The smallest absolute Gasteiger partial charge is 0.173 e. The van der Waals surface area contributed by atoms with E-state index in [4.69, 9.17) is 5.26 Å². The summed E-state index contributed by atoms with van der Waals surface area (Å²) < 4.78 is 0. The van der Waals surface area contributed by atoms with Crippen molar-refractivity contribution >= 4 is 5.78 Å². The predicted molar refractivity (Wildman–Crippen MR) is 47.9 cm³/mol. The molecule has 1 unspecified atom stereocenters. The van der Waals surface area contributed by atoms with Crippen LogP contribution in [0.15, 0.2) is 11.1 Å². The fourth-order valence-electron chi connectivity index (χ4n) is 1.78. The van der Waals surface area contributed by atoms with Crippen LogP contribution in [0.25, 0.3) is 0 Å². The lowest BCUT2D eigenvalue weighted by atomic mass is 9.89. The van der Waals surface area contributed by atoms with Gasteiger partial charge in [-0.15, -0.1) is 0 Å². The maximum Gasteiger partial charge on any atom is 0.173 e. The Bertz CT molecular complexity index is 307. The summed E-state index contributed by atoms with van der Waals surface area (Å²) in [4.78, 5) is 11.3. The van der Waals surface area contributed by atoms with Crippen molar-refractivity contribution in [3.63, 3.8) is 0 Å². The second kappa shape index (κ2) is 3.31. The fraction of sp³-hybridized carbons (Fsp3) is 0.600. The lowest BCUT2D eigenvalue weighted by Gasteiger charge is -2.13. The first-order valence-corrected chi connectivity index (χ1v) is 4.70. The van der Waals surface area contributed by atoms with E-state index in [2.05, 4.69) is 5.32 Å². The summed E-state index contributed by atoms with van der Waals surface area (Å²) in [5, 5.41) is 12.0. The number of nitrogens with one attached hydrogen (secondary N) is 1. The second-order valence-corrected chi connectivity index (χ2v) is 3.68. The van der Waals surface area contributed by atoms with Gasteiger partial charge < -0.3 is 5.32 Å². The number of ketones is 1. The summed E-state index contributed by atoms with van der Waals surface area (Å²) in [6.07, 6.45) is 3.32. The van der Waals surface area contributed by atoms with E-state index in [1.807, 2.05) is 6.07 Å². The quantitative estimate of drug-likeness (QED) is 0.636. The van der Waals surface area contributed by atoms with Gasteiger partial charge in [0.1, 0.15) is 6.07 Å². The van der Waals surface area contributed by atoms with Gasteiger partial charge >= 0.3 is 0 Å². The molecule has 3 nitrogen and oxygen atoms in total. The maximum absolute atomic E-state index is 11.3. The summed E-state index contributed by atoms with van der Waals surface area (Å²) in [5.41, 5.74) is 1.52. The topological polar surface area (TPSA) is 62.8 Å². The van der Waals surface area contributed by atoms with Crippen molar-refractivity contribution < 1.29 is 4.79 Å². The highest BCUT2D eigenvalue weighted by Crippen LogP contribution is 2.26. The zero-order valence-electron chi connectivity index (χ0n) is 7.47. The molecule has 1 N–H and O–H groups in total. The molecule has 68 valence electrons. The standard InChI is InChI=1S/C10H12N2O/c11-5-9-7(4-8-6-12-8)2-1-3-10(9)13/h8,12H,1-4,6H2. The molecule has 3 heteroatoms. The highest BCUT2D eigenvalue weighted by molar-refractivity contribution is 6.00. The molecule has 1 atom stereocenters. The van der Waals surface area contributed by atoms with Crippen LogP contribution in [0, 0.1) is 11.3 Å². The molecule has 0 aromatic carbocycles. The Morgan fingerprint density at radius 2 is 2.31 bits per heavy atom. The van der Waals surface area contributed by atoms with Gasteiger partial charge in [0.05, 0.1) is 5.57 Å². The molecule has 0 spiro atoms. The molecule has 0 amide bonds. The van der Waals surface area contributed by atoms with Crippen molar-refractivity contribution in [2.45, 2.75) is 31.7 Å². The van der Waals surface area contributed by atoms with E-state index in [0.29, 0.717) is 18.0 Å². The van der Waals surface area contributed by atoms with Crippen LogP contribution in [-0.4, -0.2) is 18.4 Å². The van der Waals surface area contributed by atoms with Crippen LogP contribution in [-0.2, 0) is 4.79 Å². The zero-order chi connectivity index (χ0) is 9.26. The summed E-state index contributed by atoms with van der Waals surface area (Å²) in [6.45, 7) is 1.04. The van der Waals surface area contributed by atoms with Crippen LogP contribution in [0.3, 0.4) is 0 Å². The molecule has 1 aliphatic carbocycles. The van der Waals surface area contributed by atoms with E-state index in [1.165, 1.54) is 0 Å². The lowest BCUT2D eigenvalue weighted by Crippen LogP contribution is -2.12. The van der Waals surface area contributed by atoms with Crippen LogP contribution in [0.5, 0.6) is 0 Å². The third-order valence-electron chi connectivity index (χ3n) is 2.61. The second-order valence-electron chi connectivity index (χ2n) is 3.68. The molecular formula is C10H12N2O. The van der Waals surface area contributed by atoms with Crippen molar-refractivity contribution in [3.05, 3.63) is 11.1 Å². The van der Waals surface area contributed by atoms with Crippen LogP contribution in [0.4, 0.5) is 0 Å². The average Bonchev–Trinajstić information content (AvgIpc) is 2.89. The van der Waals surface area contributed by atoms with Crippen molar-refractivity contribution in [2.75, 3.05) is 6.54 Å². The normalized spacial score (nSPS) is 27.3. The minimum absolute atomic E-state index is 0.0457. The summed E-state index contributed by atoms with van der Waals surface area (Å²) in [5.74, 6) is 0.0457. The van der Waals surface area contributed by atoms with E-state index in [0.717, 1.165) is 31.4 Å². The monoisotopic (exact) mass is 176 g/mol. The first kappa shape index (κ1) is 8.46. The van der Waals surface area contributed by atoms with Crippen LogP contribution < -0.4 is 5.32 Å². The fourth-order valence-corrected chi connectivity index (χ4v) is 1.78. The van der Waals surface area contributed by atoms with Gasteiger partial charge in [0.15, 0.2) is 5.78 Å². The summed E-state index contributed by atoms with van der Waals surface area (Å²) >= 11 is 0. The summed E-state index contributed by atoms with van der Waals surface area (Å²) in [7, 11) is 0. The number of hydrogen-bond acceptors (Lipinski definition) is 3. The Morgan fingerprint density at radius 3 is 2.92 bits per heavy atom. The third kappa shape index (κ3) is 1.78. The molecule has 0 aromatic rings. The molecule has 2 rings (SSSR count). The Kier molecular flexibility index (Phi) is 2.15. The van der Waals surface area contributed by atoms with Gasteiger partial charge in [0.2, 0.25) is 0 Å². The Morgan fingerprint density at radius 1 is 1.54 bits per heavy atom. The minimum Gasteiger partial charge on any atom is -0.311 e. The van der Waals surface area contributed by atoms with Gasteiger partial charge in [-0.1, -0.05) is 0 Å². The molecule has 0 radical (unpaired) electrons. The predicted octanol–water partition coefficient (Wildman–Crippen LogP) is 0.921. The summed E-state index contributed by atoms with van der Waals surface area (Å²) in [6, 6.07) is 2.57. The number of carbonyl (C=O) groups is 1. The van der Waals surface area contributed by atoms with Gasteiger partial charge in [-0.05, 0) is 24.8 Å². The molecule has 0 bridgehead atoms. The van der Waals surface area contributed by atoms with Gasteiger partial charge in [0, 0.05) is 19.0 Å². The van der Waals surface area contributed by atoms with E-state index in [9.17, 15) is 4.79 Å². The van der Waals surface area contributed by atoms with Gasteiger partial charge in [-0.3, -0.25) is 4.79 Å². The Labute approximate surface area is 77.4 Å². The van der Waals surface area contributed by atoms with Gasteiger partial charge in [-0.25, -0.2) is 0 Å². The third-order valence-corrected chi connectivity index (χ3v) is 2.61. The molecular weight excluding hydrogens is 164 g/mol.